The van der Waals surface area contributed by atoms with Crippen molar-refractivity contribution in [3.63, 3.8) is 0 Å². The van der Waals surface area contributed by atoms with Crippen molar-refractivity contribution in [2.24, 2.45) is 0 Å². The van der Waals surface area contributed by atoms with Gasteiger partial charge in [-0.25, -0.2) is 4.79 Å². The smallest absolute Gasteiger partial charge is 0.449 e. The van der Waals surface area contributed by atoms with Gasteiger partial charge < -0.3 is 9.84 Å². The lowest BCUT2D eigenvalue weighted by Crippen LogP contribution is -2.06. The van der Waals surface area contributed by atoms with E-state index in [2.05, 4.69) is 29.2 Å². The summed E-state index contributed by atoms with van der Waals surface area (Å²) in [6, 6.07) is 0. The summed E-state index contributed by atoms with van der Waals surface area (Å²) in [5.41, 5.74) is 0. The Morgan fingerprint density at radius 3 is 2.38 bits per heavy atom. The molecule has 0 unspecified atom stereocenters. The molecule has 0 atom stereocenters. The maximum absolute atomic E-state index is 9.59. The van der Waals surface area contributed by atoms with Crippen LogP contribution < -0.4 is 0 Å². The molecule has 5 heteroatoms. The predicted octanol–water partition coefficient (Wildman–Crippen LogP) is 1.01. The third-order valence-corrected chi connectivity index (χ3v) is 0.849. The highest BCUT2D eigenvalue weighted by Crippen LogP contribution is 1.78. The average Bonchev–Trinajstić information content (AvgIpc) is 1.65. The molecule has 0 aliphatic rings. The summed E-state index contributed by atoms with van der Waals surface area (Å²) < 4.78 is 3.89. The highest BCUT2D eigenvalue weighted by Gasteiger charge is 1.97. The van der Waals surface area contributed by atoms with Gasteiger partial charge in [0, 0.05) is 0 Å². The second-order valence-electron chi connectivity index (χ2n) is 0.805. The zero-order valence-electron chi connectivity index (χ0n) is 3.66. The van der Waals surface area contributed by atoms with Crippen molar-refractivity contribution < 1.29 is 14.6 Å². The first-order chi connectivity index (χ1) is 3.66. The molecule has 0 saturated carbocycles. The van der Waals surface area contributed by atoms with Crippen LogP contribution in [0.3, 0.4) is 0 Å². The Morgan fingerprint density at radius 2 is 2.25 bits per heavy atom. The molecule has 0 aromatic carbocycles. The Labute approximate surface area is 56.3 Å². The quantitative estimate of drug-likeness (QED) is 0.446. The van der Waals surface area contributed by atoms with Crippen LogP contribution in [-0.4, -0.2) is 21.7 Å². The first-order valence-corrected chi connectivity index (χ1v) is 2.44. The summed E-state index contributed by atoms with van der Waals surface area (Å²) in [4.78, 5) is 9.59. The summed E-state index contributed by atoms with van der Waals surface area (Å²) >= 11 is 8.51. The van der Waals surface area contributed by atoms with Crippen molar-refractivity contribution in [1.82, 2.24) is 0 Å². The van der Waals surface area contributed by atoms with E-state index in [1.165, 1.54) is 0 Å². The lowest BCUT2D eigenvalue weighted by Gasteiger charge is -1.89. The third-order valence-electron chi connectivity index (χ3n) is 0.284. The molecule has 0 aliphatic carbocycles. The standard InChI is InChI=1S/C3H2O3S2/c4-3(5)6-2(8)1-7/h1H,(H,4,5). The number of hydrogen-bond donors (Lipinski definition) is 1. The predicted molar refractivity (Wildman–Crippen MR) is 35.4 cm³/mol. The fraction of sp³-hybridized carbons (Fsp3) is 0. The van der Waals surface area contributed by atoms with Gasteiger partial charge in [-0.3, -0.25) is 0 Å². The van der Waals surface area contributed by atoms with Crippen LogP contribution in [0.4, 0.5) is 4.79 Å². The van der Waals surface area contributed by atoms with E-state index in [0.29, 0.717) is 0 Å². The van der Waals surface area contributed by atoms with Gasteiger partial charge in [0.15, 0.2) is 0 Å². The highest BCUT2D eigenvalue weighted by atomic mass is 32.1. The largest absolute Gasteiger partial charge is 0.512 e. The van der Waals surface area contributed by atoms with Crippen LogP contribution in [0.15, 0.2) is 0 Å². The molecule has 0 amide bonds. The van der Waals surface area contributed by atoms with Crippen molar-refractivity contribution in [2.75, 3.05) is 0 Å². The summed E-state index contributed by atoms with van der Waals surface area (Å²) in [7, 11) is 0. The molecule has 0 bridgehead atoms. The minimum Gasteiger partial charge on any atom is -0.449 e. The van der Waals surface area contributed by atoms with Gasteiger partial charge >= 0.3 is 6.16 Å². The number of carbonyl (C=O) groups is 1. The highest BCUT2D eigenvalue weighted by molar-refractivity contribution is 7.87. The molecule has 0 radical (unpaired) electrons. The fourth-order valence-electron chi connectivity index (χ4n) is 0.110. The van der Waals surface area contributed by atoms with E-state index in [1.807, 2.05) is 0 Å². The Hall–Kier alpha value is -0.550. The van der Waals surface area contributed by atoms with Gasteiger partial charge in [-0.2, -0.15) is 0 Å². The lowest BCUT2D eigenvalue weighted by atomic mass is 10.9. The minimum absolute atomic E-state index is 0.201. The van der Waals surface area contributed by atoms with Gasteiger partial charge in [0.05, 0.1) is 5.37 Å². The summed E-state index contributed by atoms with van der Waals surface area (Å²) in [6.45, 7) is 0. The van der Waals surface area contributed by atoms with E-state index < -0.39 is 6.16 Å². The number of hydrogen-bond acceptors (Lipinski definition) is 4. The first-order valence-electron chi connectivity index (χ1n) is 1.56. The molecule has 1 N–H and O–H groups in total. The van der Waals surface area contributed by atoms with Crippen molar-refractivity contribution in [3.8, 4) is 0 Å². The Balaban J connectivity index is 3.55. The van der Waals surface area contributed by atoms with Gasteiger partial charge in [-0.05, 0) is 12.2 Å². The summed E-state index contributed by atoms with van der Waals surface area (Å²) in [6.07, 6.45) is -1.43. The Bertz CT molecular complexity index is 130. The van der Waals surface area contributed by atoms with Crippen LogP contribution in [0.5, 0.6) is 0 Å². The average molecular weight is 150 g/mol. The molecule has 44 valence electrons. The number of thiocarbonyl (C=S) groups is 2. The maximum atomic E-state index is 9.59. The number of carboxylic acid groups (broad SMARTS) is 1. The van der Waals surface area contributed by atoms with E-state index in [1.54, 1.807) is 0 Å². The Kier molecular flexibility index (Phi) is 3.21. The van der Waals surface area contributed by atoms with Crippen molar-refractivity contribution >= 4 is 41.0 Å². The van der Waals surface area contributed by atoms with Gasteiger partial charge in [-0.1, -0.05) is 12.2 Å². The van der Waals surface area contributed by atoms with Gasteiger partial charge in [0.1, 0.15) is 0 Å². The molecule has 8 heavy (non-hydrogen) atoms. The van der Waals surface area contributed by atoms with Crippen LogP contribution in [-0.2, 0) is 4.74 Å². The van der Waals surface area contributed by atoms with Gasteiger partial charge in [0.25, 0.3) is 0 Å². The summed E-state index contributed by atoms with van der Waals surface area (Å²) in [5.74, 6) is 0. The van der Waals surface area contributed by atoms with Crippen LogP contribution in [0, 0.1) is 0 Å². The van der Waals surface area contributed by atoms with Crippen LogP contribution in [0.1, 0.15) is 0 Å². The zero-order chi connectivity index (χ0) is 6.57. The molecule has 0 aliphatic heterocycles. The molecule has 0 fully saturated rings. The minimum atomic E-state index is -1.43. The van der Waals surface area contributed by atoms with Gasteiger partial charge in [-0.15, -0.1) is 0 Å². The Morgan fingerprint density at radius 1 is 1.75 bits per heavy atom. The van der Waals surface area contributed by atoms with Crippen molar-refractivity contribution in [2.45, 2.75) is 0 Å². The fourth-order valence-corrected chi connectivity index (χ4v) is 0.230. The zero-order valence-corrected chi connectivity index (χ0v) is 5.29. The van der Waals surface area contributed by atoms with E-state index in [4.69, 9.17) is 5.11 Å². The molecular formula is C3H2O3S2. The first kappa shape index (κ1) is 7.45. The molecular weight excluding hydrogens is 148 g/mol. The molecule has 3 nitrogen and oxygen atoms in total. The van der Waals surface area contributed by atoms with Crippen molar-refractivity contribution in [1.29, 1.82) is 0 Å². The second kappa shape index (κ2) is 3.45. The van der Waals surface area contributed by atoms with E-state index in [-0.39, 0.29) is 5.05 Å². The van der Waals surface area contributed by atoms with Crippen LogP contribution in [0.25, 0.3) is 0 Å². The van der Waals surface area contributed by atoms with Crippen LogP contribution >= 0.6 is 24.4 Å². The SMILES string of the molecule is O=C(O)OC(=S)C=S. The molecule has 0 rings (SSSR count). The van der Waals surface area contributed by atoms with Gasteiger partial charge in [0.2, 0.25) is 5.05 Å². The maximum Gasteiger partial charge on any atom is 0.512 e. The monoisotopic (exact) mass is 150 g/mol. The molecule has 0 saturated heterocycles. The van der Waals surface area contributed by atoms with E-state index in [0.717, 1.165) is 5.37 Å². The second-order valence-corrected chi connectivity index (χ2v) is 1.44. The van der Waals surface area contributed by atoms with Crippen LogP contribution in [0.2, 0.25) is 0 Å². The third kappa shape index (κ3) is 3.63. The normalized spacial score (nSPS) is 7.50. The topological polar surface area (TPSA) is 46.5 Å². The number of rotatable bonds is 1. The van der Waals surface area contributed by atoms with E-state index in [9.17, 15) is 4.79 Å². The summed E-state index contributed by atoms with van der Waals surface area (Å²) in [5, 5.41) is 8.61. The number of ether oxygens (including phenoxy) is 1. The molecule has 0 spiro atoms. The van der Waals surface area contributed by atoms with Crippen molar-refractivity contribution in [3.05, 3.63) is 0 Å². The van der Waals surface area contributed by atoms with E-state index >= 15 is 0 Å². The molecule has 0 heterocycles. The lowest BCUT2D eigenvalue weighted by molar-refractivity contribution is 0.143. The molecule has 0 aromatic heterocycles. The molecule has 0 aromatic rings.